The van der Waals surface area contributed by atoms with Gasteiger partial charge in [0.2, 0.25) is 0 Å². The first-order valence-electron chi connectivity index (χ1n) is 8.84. The van der Waals surface area contributed by atoms with Crippen LogP contribution < -0.4 is 0 Å². The van der Waals surface area contributed by atoms with Gasteiger partial charge in [-0.05, 0) is 61.3 Å². The molecule has 0 saturated carbocycles. The van der Waals surface area contributed by atoms with Crippen molar-refractivity contribution in [2.45, 2.75) is 38.9 Å². The summed E-state index contributed by atoms with van der Waals surface area (Å²) in [6.45, 7) is 7.20. The fraction of sp³-hybridized carbons (Fsp3) is 0.450. The van der Waals surface area contributed by atoms with E-state index in [1.54, 1.807) is 12.1 Å². The zero-order valence-electron chi connectivity index (χ0n) is 14.4. The molecule has 3 rings (SSSR count). The highest BCUT2D eigenvalue weighted by Crippen LogP contribution is 2.20. The molecule has 0 amide bonds. The maximum Gasteiger partial charge on any atom is 0.123 e. The van der Waals surface area contributed by atoms with Gasteiger partial charge < -0.3 is 0 Å². The van der Waals surface area contributed by atoms with Crippen molar-refractivity contribution < 1.29 is 4.39 Å². The number of hydrogen-bond acceptors (Lipinski definition) is 3. The summed E-state index contributed by atoms with van der Waals surface area (Å²) >= 11 is 0. The van der Waals surface area contributed by atoms with E-state index >= 15 is 0 Å². The second-order valence-corrected chi connectivity index (χ2v) is 6.58. The third-order valence-electron chi connectivity index (χ3n) is 4.82. The summed E-state index contributed by atoms with van der Waals surface area (Å²) in [5.41, 5.74) is 2.28. The topological polar surface area (TPSA) is 19.4 Å². The largest absolute Gasteiger partial charge is 0.299 e. The van der Waals surface area contributed by atoms with Crippen LogP contribution in [0.3, 0.4) is 0 Å². The first-order valence-corrected chi connectivity index (χ1v) is 8.84. The molecule has 2 aromatic rings. The number of nitrogens with zero attached hydrogens (tertiary/aromatic N) is 3. The Labute approximate surface area is 144 Å². The van der Waals surface area contributed by atoms with E-state index in [4.69, 9.17) is 0 Å². The van der Waals surface area contributed by atoms with Gasteiger partial charge in [-0.15, -0.1) is 0 Å². The molecule has 2 heterocycles. The average Bonchev–Trinajstić information content (AvgIpc) is 3.03. The van der Waals surface area contributed by atoms with Crippen molar-refractivity contribution in [2.24, 2.45) is 0 Å². The molecule has 1 aromatic heterocycles. The van der Waals surface area contributed by atoms with Crippen molar-refractivity contribution in [3.05, 3.63) is 65.7 Å². The zero-order valence-corrected chi connectivity index (χ0v) is 14.4. The molecule has 1 aromatic carbocycles. The summed E-state index contributed by atoms with van der Waals surface area (Å²) < 4.78 is 13.5. The standard InChI is InChI=1S/C20H26FN3/c1-2-24-12-4-7-20(24)16-23(14-17-8-10-22-11-9-17)15-18-5-3-6-19(21)13-18/h3,5-6,8-11,13,20H,2,4,7,12,14-16H2,1H3. The van der Waals surface area contributed by atoms with Crippen molar-refractivity contribution in [2.75, 3.05) is 19.6 Å². The number of rotatable bonds is 7. The fourth-order valence-corrected chi connectivity index (χ4v) is 3.64. The van der Waals surface area contributed by atoms with E-state index in [1.165, 1.54) is 31.0 Å². The van der Waals surface area contributed by atoms with Crippen molar-refractivity contribution in [1.82, 2.24) is 14.8 Å². The van der Waals surface area contributed by atoms with Gasteiger partial charge in [0.25, 0.3) is 0 Å². The summed E-state index contributed by atoms with van der Waals surface area (Å²) in [6, 6.07) is 11.7. The minimum absolute atomic E-state index is 0.160. The summed E-state index contributed by atoms with van der Waals surface area (Å²) in [5, 5.41) is 0. The third-order valence-corrected chi connectivity index (χ3v) is 4.82. The molecule has 1 aliphatic heterocycles. The van der Waals surface area contributed by atoms with Crippen LogP contribution in [0.15, 0.2) is 48.8 Å². The number of pyridine rings is 1. The maximum absolute atomic E-state index is 13.5. The lowest BCUT2D eigenvalue weighted by molar-refractivity contribution is 0.166. The van der Waals surface area contributed by atoms with E-state index in [1.807, 2.05) is 18.5 Å². The van der Waals surface area contributed by atoms with Gasteiger partial charge in [-0.3, -0.25) is 14.8 Å². The van der Waals surface area contributed by atoms with E-state index < -0.39 is 0 Å². The van der Waals surface area contributed by atoms with E-state index in [-0.39, 0.29) is 5.82 Å². The van der Waals surface area contributed by atoms with Crippen LogP contribution in [0.5, 0.6) is 0 Å². The molecule has 0 N–H and O–H groups in total. The second-order valence-electron chi connectivity index (χ2n) is 6.58. The Bertz CT molecular complexity index is 632. The normalized spacial score (nSPS) is 18.4. The van der Waals surface area contributed by atoms with Crippen LogP contribution in [0.2, 0.25) is 0 Å². The van der Waals surface area contributed by atoms with Crippen LogP contribution in [0, 0.1) is 5.82 Å². The Morgan fingerprint density at radius 2 is 1.96 bits per heavy atom. The van der Waals surface area contributed by atoms with Crippen LogP contribution in [-0.2, 0) is 13.1 Å². The molecule has 1 saturated heterocycles. The van der Waals surface area contributed by atoms with Gasteiger partial charge in [-0.1, -0.05) is 19.1 Å². The predicted molar refractivity (Wildman–Crippen MR) is 95.0 cm³/mol. The summed E-state index contributed by atoms with van der Waals surface area (Å²) in [7, 11) is 0. The number of halogens is 1. The Hall–Kier alpha value is -1.78. The lowest BCUT2D eigenvalue weighted by atomic mass is 10.1. The van der Waals surface area contributed by atoms with Crippen LogP contribution in [-0.4, -0.2) is 40.5 Å². The van der Waals surface area contributed by atoms with Gasteiger partial charge in [0.1, 0.15) is 5.82 Å². The van der Waals surface area contributed by atoms with Gasteiger partial charge in [0.05, 0.1) is 0 Å². The molecule has 3 nitrogen and oxygen atoms in total. The molecular weight excluding hydrogens is 301 g/mol. The molecule has 1 aliphatic rings. The number of likely N-dealkylation sites (tertiary alicyclic amines) is 1. The van der Waals surface area contributed by atoms with Crippen LogP contribution in [0.25, 0.3) is 0 Å². The zero-order chi connectivity index (χ0) is 16.8. The summed E-state index contributed by atoms with van der Waals surface area (Å²) in [6.07, 6.45) is 6.21. The molecule has 1 fully saturated rings. The molecule has 0 spiro atoms. The Morgan fingerprint density at radius 1 is 1.17 bits per heavy atom. The fourth-order valence-electron chi connectivity index (χ4n) is 3.64. The van der Waals surface area contributed by atoms with Crippen molar-refractivity contribution in [3.8, 4) is 0 Å². The van der Waals surface area contributed by atoms with Gasteiger partial charge in [0, 0.05) is 38.1 Å². The first-order chi connectivity index (χ1) is 11.7. The Balaban J connectivity index is 1.72. The maximum atomic E-state index is 13.5. The molecule has 1 atom stereocenters. The first kappa shape index (κ1) is 17.1. The van der Waals surface area contributed by atoms with E-state index in [2.05, 4.69) is 33.8 Å². The Kier molecular flexibility index (Phi) is 5.94. The summed E-state index contributed by atoms with van der Waals surface area (Å²) in [5.74, 6) is -0.160. The monoisotopic (exact) mass is 327 g/mol. The SMILES string of the molecule is CCN1CCCC1CN(Cc1ccncc1)Cc1cccc(F)c1. The predicted octanol–water partition coefficient (Wildman–Crippen LogP) is 3.71. The van der Waals surface area contributed by atoms with Crippen LogP contribution >= 0.6 is 0 Å². The number of hydrogen-bond donors (Lipinski definition) is 0. The molecule has 0 radical (unpaired) electrons. The second kappa shape index (κ2) is 8.36. The molecule has 24 heavy (non-hydrogen) atoms. The molecular formula is C20H26FN3. The number of likely N-dealkylation sites (N-methyl/N-ethyl adjacent to an activating group) is 1. The van der Waals surface area contributed by atoms with Crippen molar-refractivity contribution in [3.63, 3.8) is 0 Å². The average molecular weight is 327 g/mol. The van der Waals surface area contributed by atoms with Gasteiger partial charge in [-0.25, -0.2) is 4.39 Å². The number of benzene rings is 1. The Morgan fingerprint density at radius 3 is 2.71 bits per heavy atom. The van der Waals surface area contributed by atoms with Gasteiger partial charge >= 0.3 is 0 Å². The third kappa shape index (κ3) is 4.62. The molecule has 0 bridgehead atoms. The van der Waals surface area contributed by atoms with Crippen LogP contribution in [0.4, 0.5) is 4.39 Å². The molecule has 0 aliphatic carbocycles. The van der Waals surface area contributed by atoms with E-state index in [0.29, 0.717) is 6.04 Å². The highest BCUT2D eigenvalue weighted by molar-refractivity contribution is 5.17. The lowest BCUT2D eigenvalue weighted by Gasteiger charge is -2.30. The molecule has 128 valence electrons. The van der Waals surface area contributed by atoms with Crippen molar-refractivity contribution in [1.29, 1.82) is 0 Å². The van der Waals surface area contributed by atoms with Gasteiger partial charge in [-0.2, -0.15) is 0 Å². The molecule has 1 unspecified atom stereocenters. The number of aromatic nitrogens is 1. The highest BCUT2D eigenvalue weighted by atomic mass is 19.1. The summed E-state index contributed by atoms with van der Waals surface area (Å²) in [4.78, 5) is 9.09. The minimum Gasteiger partial charge on any atom is -0.299 e. The van der Waals surface area contributed by atoms with Crippen LogP contribution in [0.1, 0.15) is 30.9 Å². The van der Waals surface area contributed by atoms with E-state index in [9.17, 15) is 4.39 Å². The van der Waals surface area contributed by atoms with Crippen molar-refractivity contribution >= 4 is 0 Å². The van der Waals surface area contributed by atoms with Gasteiger partial charge in [0.15, 0.2) is 0 Å². The molecule has 4 heteroatoms. The smallest absolute Gasteiger partial charge is 0.123 e. The van der Waals surface area contributed by atoms with E-state index in [0.717, 1.165) is 31.7 Å². The highest BCUT2D eigenvalue weighted by Gasteiger charge is 2.25. The quantitative estimate of drug-likeness (QED) is 0.773. The lowest BCUT2D eigenvalue weighted by Crippen LogP contribution is -2.39. The minimum atomic E-state index is -0.160.